The zero-order chi connectivity index (χ0) is 22.2. The van der Waals surface area contributed by atoms with Gasteiger partial charge >= 0.3 is 0 Å². The van der Waals surface area contributed by atoms with Gasteiger partial charge in [-0.15, -0.1) is 0 Å². The summed E-state index contributed by atoms with van der Waals surface area (Å²) in [6.45, 7) is 6.44. The van der Waals surface area contributed by atoms with Gasteiger partial charge < -0.3 is 9.47 Å². The number of sulfonamides is 1. The number of amides is 1. The Balaban J connectivity index is 1.49. The van der Waals surface area contributed by atoms with Crippen LogP contribution in [0.1, 0.15) is 36.2 Å². The molecule has 0 aliphatic carbocycles. The van der Waals surface area contributed by atoms with E-state index in [4.69, 9.17) is 0 Å². The monoisotopic (exact) mass is 437 g/mol. The number of aromatic nitrogens is 1. The van der Waals surface area contributed by atoms with Gasteiger partial charge in [-0.1, -0.05) is 29.8 Å². The normalized spacial score (nSPS) is 15.8. The van der Waals surface area contributed by atoms with Crippen molar-refractivity contribution in [2.24, 2.45) is 0 Å². The van der Waals surface area contributed by atoms with Gasteiger partial charge in [-0.25, -0.2) is 13.1 Å². The van der Waals surface area contributed by atoms with Gasteiger partial charge in [0.1, 0.15) is 0 Å². The molecule has 0 saturated carbocycles. The lowest BCUT2D eigenvalue weighted by Gasteiger charge is -2.20. The molecule has 162 valence electrons. The Kier molecular flexibility index (Phi) is 5.73. The molecule has 6 nitrogen and oxygen atoms in total. The van der Waals surface area contributed by atoms with Crippen molar-refractivity contribution in [2.45, 2.75) is 51.2 Å². The lowest BCUT2D eigenvalue weighted by Crippen LogP contribution is -2.33. The third kappa shape index (κ3) is 4.43. The van der Waals surface area contributed by atoms with Crippen LogP contribution in [0, 0.1) is 6.92 Å². The number of rotatable bonds is 6. The lowest BCUT2D eigenvalue weighted by atomic mass is 10.1. The number of fused-ring (bicyclic) bond motifs is 1. The van der Waals surface area contributed by atoms with Crippen LogP contribution < -0.4 is 9.62 Å². The maximum absolute atomic E-state index is 12.9. The Morgan fingerprint density at radius 2 is 1.94 bits per heavy atom. The smallest absolute Gasteiger partial charge is 0.240 e. The van der Waals surface area contributed by atoms with Gasteiger partial charge in [0, 0.05) is 37.1 Å². The molecule has 4 rings (SSSR count). The van der Waals surface area contributed by atoms with Crippen molar-refractivity contribution < 1.29 is 13.2 Å². The molecular weight excluding hydrogens is 410 g/mol. The standard InChI is InChI=1S/C24H27N3O3S/c1-17-6-4-7-20(12-17)16-26-11-5-8-22(26)15-25-31(29,30)23-9-10-24-21(14-23)13-18(2)27(24)19(3)28/h4-12,14,18,25H,13,15-16H2,1-3H3/t18-/m1/s1. The molecule has 7 heteroatoms. The predicted molar refractivity (Wildman–Crippen MR) is 122 cm³/mol. The first kappa shape index (κ1) is 21.3. The Bertz CT molecular complexity index is 1230. The molecule has 31 heavy (non-hydrogen) atoms. The van der Waals surface area contributed by atoms with Crippen molar-refractivity contribution >= 4 is 21.6 Å². The lowest BCUT2D eigenvalue weighted by molar-refractivity contribution is -0.116. The van der Waals surface area contributed by atoms with E-state index < -0.39 is 10.0 Å². The molecule has 1 N–H and O–H groups in total. The summed E-state index contributed by atoms with van der Waals surface area (Å²) in [6, 6.07) is 17.1. The molecular formula is C24H27N3O3S. The molecule has 1 atom stereocenters. The molecule has 1 aliphatic rings. The number of hydrogen-bond acceptors (Lipinski definition) is 3. The summed E-state index contributed by atoms with van der Waals surface area (Å²) in [5, 5.41) is 0. The van der Waals surface area contributed by atoms with Crippen LogP contribution in [0.15, 0.2) is 65.7 Å². The SMILES string of the molecule is CC(=O)N1c2ccc(S(=O)(=O)NCc3cccn3Cc3cccc(C)c3)cc2C[C@H]1C. The maximum Gasteiger partial charge on any atom is 0.240 e. The Morgan fingerprint density at radius 3 is 2.68 bits per heavy atom. The molecule has 0 spiro atoms. The van der Waals surface area contributed by atoms with Crippen LogP contribution in [0.5, 0.6) is 0 Å². The number of carbonyl (C=O) groups is 1. The zero-order valence-electron chi connectivity index (χ0n) is 18.0. The fourth-order valence-electron chi connectivity index (χ4n) is 4.28. The van der Waals surface area contributed by atoms with Gasteiger partial charge in [-0.3, -0.25) is 4.79 Å². The zero-order valence-corrected chi connectivity index (χ0v) is 18.8. The highest BCUT2D eigenvalue weighted by molar-refractivity contribution is 7.89. The van der Waals surface area contributed by atoms with E-state index in [2.05, 4.69) is 29.8 Å². The molecule has 3 aromatic rings. The van der Waals surface area contributed by atoms with E-state index in [0.29, 0.717) is 13.0 Å². The summed E-state index contributed by atoms with van der Waals surface area (Å²) in [7, 11) is -3.68. The largest absolute Gasteiger partial charge is 0.346 e. The van der Waals surface area contributed by atoms with Crippen LogP contribution in [-0.4, -0.2) is 24.9 Å². The van der Waals surface area contributed by atoms with Gasteiger partial charge in [0.15, 0.2) is 0 Å². The quantitative estimate of drug-likeness (QED) is 0.640. The topological polar surface area (TPSA) is 71.4 Å². The first-order chi connectivity index (χ1) is 14.7. The fourth-order valence-corrected chi connectivity index (χ4v) is 5.33. The minimum atomic E-state index is -3.68. The molecule has 0 bridgehead atoms. The maximum atomic E-state index is 12.9. The van der Waals surface area contributed by atoms with Crippen LogP contribution in [0.3, 0.4) is 0 Å². The van der Waals surface area contributed by atoms with Crippen LogP contribution >= 0.6 is 0 Å². The van der Waals surface area contributed by atoms with Gasteiger partial charge in [0.2, 0.25) is 15.9 Å². The number of nitrogens with zero attached hydrogens (tertiary/aromatic N) is 2. The second kappa shape index (κ2) is 8.32. The minimum Gasteiger partial charge on any atom is -0.346 e. The van der Waals surface area contributed by atoms with Crippen molar-refractivity contribution in [3.05, 3.63) is 83.2 Å². The van der Waals surface area contributed by atoms with Crippen molar-refractivity contribution in [3.8, 4) is 0 Å². The van der Waals surface area contributed by atoms with Crippen LogP contribution in [-0.2, 0) is 34.3 Å². The molecule has 2 heterocycles. The number of hydrogen-bond donors (Lipinski definition) is 1. The van der Waals surface area contributed by atoms with Crippen molar-refractivity contribution in [2.75, 3.05) is 4.90 Å². The number of carbonyl (C=O) groups excluding carboxylic acids is 1. The number of anilines is 1. The molecule has 0 saturated heterocycles. The molecule has 2 aromatic carbocycles. The molecule has 1 aromatic heterocycles. The molecule has 0 radical (unpaired) electrons. The number of benzene rings is 2. The Hall–Kier alpha value is -2.90. The highest BCUT2D eigenvalue weighted by Gasteiger charge is 2.30. The van der Waals surface area contributed by atoms with Gasteiger partial charge in [-0.05, 0) is 61.7 Å². The average molecular weight is 438 g/mol. The first-order valence-electron chi connectivity index (χ1n) is 10.4. The second-order valence-electron chi connectivity index (χ2n) is 8.17. The summed E-state index contributed by atoms with van der Waals surface area (Å²) in [6.07, 6.45) is 2.61. The van der Waals surface area contributed by atoms with E-state index in [1.165, 1.54) is 18.1 Å². The highest BCUT2D eigenvalue weighted by atomic mass is 32.2. The van der Waals surface area contributed by atoms with E-state index in [1.807, 2.05) is 35.9 Å². The molecule has 1 amide bonds. The van der Waals surface area contributed by atoms with E-state index in [1.54, 1.807) is 23.1 Å². The predicted octanol–water partition coefficient (Wildman–Crippen LogP) is 3.62. The van der Waals surface area contributed by atoms with Crippen LogP contribution in [0.4, 0.5) is 5.69 Å². The van der Waals surface area contributed by atoms with E-state index in [9.17, 15) is 13.2 Å². The number of nitrogens with one attached hydrogen (secondary N) is 1. The molecule has 1 aliphatic heterocycles. The third-order valence-corrected chi connectivity index (χ3v) is 7.12. The van der Waals surface area contributed by atoms with E-state index >= 15 is 0 Å². The van der Waals surface area contributed by atoms with E-state index in [0.717, 1.165) is 16.9 Å². The van der Waals surface area contributed by atoms with Crippen molar-refractivity contribution in [1.82, 2.24) is 9.29 Å². The number of aryl methyl sites for hydroxylation is 1. The summed E-state index contributed by atoms with van der Waals surface area (Å²) in [4.78, 5) is 13.9. The third-order valence-electron chi connectivity index (χ3n) is 5.72. The van der Waals surface area contributed by atoms with Gasteiger partial charge in [0.25, 0.3) is 0 Å². The Labute approximate surface area is 183 Å². The highest BCUT2D eigenvalue weighted by Crippen LogP contribution is 2.33. The summed E-state index contributed by atoms with van der Waals surface area (Å²) >= 11 is 0. The van der Waals surface area contributed by atoms with Crippen LogP contribution in [0.2, 0.25) is 0 Å². The van der Waals surface area contributed by atoms with Crippen molar-refractivity contribution in [3.63, 3.8) is 0 Å². The Morgan fingerprint density at radius 1 is 1.13 bits per heavy atom. The summed E-state index contributed by atoms with van der Waals surface area (Å²) in [5.74, 6) is -0.0330. The fraction of sp³-hybridized carbons (Fsp3) is 0.292. The van der Waals surface area contributed by atoms with Crippen LogP contribution in [0.25, 0.3) is 0 Å². The average Bonchev–Trinajstić information content (AvgIpc) is 3.28. The summed E-state index contributed by atoms with van der Waals surface area (Å²) in [5.41, 5.74) is 4.94. The van der Waals surface area contributed by atoms with Gasteiger partial charge in [0.05, 0.1) is 11.4 Å². The summed E-state index contributed by atoms with van der Waals surface area (Å²) < 4.78 is 30.6. The van der Waals surface area contributed by atoms with Crippen molar-refractivity contribution in [1.29, 1.82) is 0 Å². The molecule has 0 fully saturated rings. The van der Waals surface area contributed by atoms with E-state index in [-0.39, 0.29) is 23.4 Å². The molecule has 0 unspecified atom stereocenters. The minimum absolute atomic E-state index is 0.0308. The second-order valence-corrected chi connectivity index (χ2v) is 9.94. The van der Waals surface area contributed by atoms with Gasteiger partial charge in [-0.2, -0.15) is 0 Å². The first-order valence-corrected chi connectivity index (χ1v) is 11.8.